The molecule has 0 saturated carbocycles. The van der Waals surface area contributed by atoms with Crippen molar-refractivity contribution in [2.75, 3.05) is 13.7 Å². The van der Waals surface area contributed by atoms with E-state index in [0.29, 0.717) is 0 Å². The fourth-order valence-electron chi connectivity index (χ4n) is 1.30. The molecule has 0 fully saturated rings. The second-order valence-electron chi connectivity index (χ2n) is 3.26. The molecule has 0 aromatic heterocycles. The van der Waals surface area contributed by atoms with Crippen molar-refractivity contribution in [3.63, 3.8) is 0 Å². The number of aryl methyl sites for hydroxylation is 2. The van der Waals surface area contributed by atoms with E-state index in [2.05, 4.69) is 19.9 Å². The Labute approximate surface area is 84.8 Å². The van der Waals surface area contributed by atoms with Crippen LogP contribution in [0.4, 0.5) is 0 Å². The van der Waals surface area contributed by atoms with Crippen molar-refractivity contribution in [2.24, 2.45) is 0 Å². The summed E-state index contributed by atoms with van der Waals surface area (Å²) in [6, 6.07) is 4.06. The maximum Gasteiger partial charge on any atom is 0.126 e. The van der Waals surface area contributed by atoms with E-state index in [1.807, 2.05) is 12.1 Å². The van der Waals surface area contributed by atoms with Gasteiger partial charge in [-0.2, -0.15) is 0 Å². The van der Waals surface area contributed by atoms with Gasteiger partial charge in [0, 0.05) is 5.56 Å². The number of methoxy groups -OCH3 is 1. The molecule has 2 nitrogen and oxygen atoms in total. The third kappa shape index (κ3) is 2.36. The van der Waals surface area contributed by atoms with E-state index < -0.39 is 0 Å². The molecule has 1 aromatic carbocycles. The lowest BCUT2D eigenvalue weighted by molar-refractivity contribution is 0.343. The van der Waals surface area contributed by atoms with Gasteiger partial charge in [-0.25, -0.2) is 0 Å². The SMILES string of the molecule is COc1cc(C)c(C)cc1/C=C/CO. The summed E-state index contributed by atoms with van der Waals surface area (Å²) in [6.07, 6.45) is 3.57. The van der Waals surface area contributed by atoms with Crippen LogP contribution in [0.25, 0.3) is 6.08 Å². The summed E-state index contributed by atoms with van der Waals surface area (Å²) in [7, 11) is 1.65. The summed E-state index contributed by atoms with van der Waals surface area (Å²) in [5.41, 5.74) is 3.44. The summed E-state index contributed by atoms with van der Waals surface area (Å²) in [6.45, 7) is 4.17. The summed E-state index contributed by atoms with van der Waals surface area (Å²) in [5.74, 6) is 0.845. The van der Waals surface area contributed by atoms with E-state index in [1.54, 1.807) is 13.2 Å². The van der Waals surface area contributed by atoms with Crippen LogP contribution in [-0.4, -0.2) is 18.8 Å². The molecule has 0 aliphatic heterocycles. The lowest BCUT2D eigenvalue weighted by atomic mass is 10.0. The molecule has 14 heavy (non-hydrogen) atoms. The van der Waals surface area contributed by atoms with Crippen LogP contribution in [0.2, 0.25) is 0 Å². The predicted octanol–water partition coefficient (Wildman–Crippen LogP) is 2.32. The molecule has 0 atom stereocenters. The monoisotopic (exact) mass is 192 g/mol. The Kier molecular flexibility index (Phi) is 3.72. The normalized spacial score (nSPS) is 10.9. The minimum absolute atomic E-state index is 0.0517. The average molecular weight is 192 g/mol. The van der Waals surface area contributed by atoms with E-state index in [1.165, 1.54) is 11.1 Å². The van der Waals surface area contributed by atoms with Crippen molar-refractivity contribution in [1.82, 2.24) is 0 Å². The number of benzene rings is 1. The molecule has 0 heterocycles. The van der Waals surface area contributed by atoms with Crippen LogP contribution in [0, 0.1) is 13.8 Å². The van der Waals surface area contributed by atoms with E-state index in [0.717, 1.165) is 11.3 Å². The van der Waals surface area contributed by atoms with Crippen molar-refractivity contribution >= 4 is 6.08 Å². The van der Waals surface area contributed by atoms with E-state index in [4.69, 9.17) is 9.84 Å². The first-order valence-electron chi connectivity index (χ1n) is 4.61. The van der Waals surface area contributed by atoms with Gasteiger partial charge in [-0.05, 0) is 37.1 Å². The Balaban J connectivity index is 3.13. The highest BCUT2D eigenvalue weighted by Gasteiger charge is 2.02. The molecular formula is C12H16O2. The molecule has 0 bridgehead atoms. The molecule has 0 saturated heterocycles. The van der Waals surface area contributed by atoms with Crippen LogP contribution in [-0.2, 0) is 0 Å². The highest BCUT2D eigenvalue weighted by Crippen LogP contribution is 2.23. The molecule has 0 radical (unpaired) electrons. The van der Waals surface area contributed by atoms with Crippen molar-refractivity contribution < 1.29 is 9.84 Å². The average Bonchev–Trinajstić information content (AvgIpc) is 2.19. The summed E-state index contributed by atoms with van der Waals surface area (Å²) >= 11 is 0. The molecule has 0 unspecified atom stereocenters. The van der Waals surface area contributed by atoms with Gasteiger partial charge in [0.05, 0.1) is 13.7 Å². The molecule has 0 aliphatic carbocycles. The first-order valence-corrected chi connectivity index (χ1v) is 4.61. The third-order valence-electron chi connectivity index (χ3n) is 2.25. The lowest BCUT2D eigenvalue weighted by Crippen LogP contribution is -1.91. The van der Waals surface area contributed by atoms with E-state index in [9.17, 15) is 0 Å². The minimum Gasteiger partial charge on any atom is -0.496 e. The van der Waals surface area contributed by atoms with Crippen LogP contribution in [0.3, 0.4) is 0 Å². The molecule has 1 aromatic rings. The Morgan fingerprint density at radius 1 is 1.29 bits per heavy atom. The highest BCUT2D eigenvalue weighted by molar-refractivity contribution is 5.59. The van der Waals surface area contributed by atoms with Crippen molar-refractivity contribution in [3.8, 4) is 5.75 Å². The zero-order chi connectivity index (χ0) is 10.6. The van der Waals surface area contributed by atoms with Crippen molar-refractivity contribution in [3.05, 3.63) is 34.9 Å². The maximum atomic E-state index is 8.69. The van der Waals surface area contributed by atoms with Gasteiger partial charge in [-0.1, -0.05) is 12.2 Å². The third-order valence-corrected chi connectivity index (χ3v) is 2.25. The molecule has 0 aliphatic rings. The van der Waals surface area contributed by atoms with Gasteiger partial charge >= 0.3 is 0 Å². The zero-order valence-corrected chi connectivity index (χ0v) is 8.87. The molecule has 0 spiro atoms. The smallest absolute Gasteiger partial charge is 0.126 e. The number of hydrogen-bond acceptors (Lipinski definition) is 2. The molecule has 76 valence electrons. The van der Waals surface area contributed by atoms with Gasteiger partial charge in [0.2, 0.25) is 0 Å². The second kappa shape index (κ2) is 4.82. The lowest BCUT2D eigenvalue weighted by Gasteiger charge is -2.08. The van der Waals surface area contributed by atoms with E-state index >= 15 is 0 Å². The fraction of sp³-hybridized carbons (Fsp3) is 0.333. The number of aliphatic hydroxyl groups excluding tert-OH is 1. The van der Waals surface area contributed by atoms with Gasteiger partial charge in [-0.3, -0.25) is 0 Å². The number of hydrogen-bond donors (Lipinski definition) is 1. The highest BCUT2D eigenvalue weighted by atomic mass is 16.5. The first kappa shape index (κ1) is 10.8. The van der Waals surface area contributed by atoms with Gasteiger partial charge in [0.25, 0.3) is 0 Å². The first-order chi connectivity index (χ1) is 6.69. The molecule has 0 amide bonds. The maximum absolute atomic E-state index is 8.69. The Morgan fingerprint density at radius 3 is 2.50 bits per heavy atom. The second-order valence-corrected chi connectivity index (χ2v) is 3.26. The summed E-state index contributed by atoms with van der Waals surface area (Å²) in [4.78, 5) is 0. The zero-order valence-electron chi connectivity index (χ0n) is 8.87. The number of rotatable bonds is 3. The van der Waals surface area contributed by atoms with Gasteiger partial charge < -0.3 is 9.84 Å². The van der Waals surface area contributed by atoms with Crippen LogP contribution in [0.1, 0.15) is 16.7 Å². The van der Waals surface area contributed by atoms with Gasteiger partial charge in [-0.15, -0.1) is 0 Å². The van der Waals surface area contributed by atoms with Crippen LogP contribution in [0.15, 0.2) is 18.2 Å². The Bertz CT molecular complexity index is 340. The quantitative estimate of drug-likeness (QED) is 0.796. The minimum atomic E-state index is 0.0517. The molecule has 1 rings (SSSR count). The largest absolute Gasteiger partial charge is 0.496 e. The fourth-order valence-corrected chi connectivity index (χ4v) is 1.30. The van der Waals surface area contributed by atoms with Crippen LogP contribution < -0.4 is 4.74 Å². The number of ether oxygens (including phenoxy) is 1. The topological polar surface area (TPSA) is 29.5 Å². The van der Waals surface area contributed by atoms with Gasteiger partial charge in [0.1, 0.15) is 5.75 Å². The standard InChI is InChI=1S/C12H16O2/c1-9-7-11(5-4-6-13)12(14-3)8-10(9)2/h4-5,7-8,13H,6H2,1-3H3/b5-4+. The summed E-state index contributed by atoms with van der Waals surface area (Å²) in [5, 5.41) is 8.69. The molecular weight excluding hydrogens is 176 g/mol. The van der Waals surface area contributed by atoms with E-state index in [-0.39, 0.29) is 6.61 Å². The van der Waals surface area contributed by atoms with Crippen LogP contribution in [0.5, 0.6) is 5.75 Å². The van der Waals surface area contributed by atoms with Crippen molar-refractivity contribution in [2.45, 2.75) is 13.8 Å². The van der Waals surface area contributed by atoms with Crippen molar-refractivity contribution in [1.29, 1.82) is 0 Å². The number of aliphatic hydroxyl groups is 1. The molecule has 1 N–H and O–H groups in total. The molecule has 2 heteroatoms. The predicted molar refractivity (Wildman–Crippen MR) is 58.6 cm³/mol. The Hall–Kier alpha value is -1.28. The van der Waals surface area contributed by atoms with Gasteiger partial charge in [0.15, 0.2) is 0 Å². The summed E-state index contributed by atoms with van der Waals surface area (Å²) < 4.78 is 5.25. The van der Waals surface area contributed by atoms with Crippen LogP contribution >= 0.6 is 0 Å². The Morgan fingerprint density at radius 2 is 1.93 bits per heavy atom.